The number of methoxy groups -OCH3 is 2. The van der Waals surface area contributed by atoms with Gasteiger partial charge < -0.3 is 43.8 Å². The average Bonchev–Trinajstić information content (AvgIpc) is 3.62. The molecule has 15 heteroatoms. The summed E-state index contributed by atoms with van der Waals surface area (Å²) in [6.07, 6.45) is 46.8. The number of amides is 2. The maximum Gasteiger partial charge on any atom is 0.407 e. The molecule has 0 aliphatic heterocycles. The van der Waals surface area contributed by atoms with Crippen molar-refractivity contribution in [2.75, 3.05) is 53.9 Å². The van der Waals surface area contributed by atoms with Crippen molar-refractivity contribution >= 4 is 36.1 Å². The standard InChI is InChI=1S/C75H130N2O13/c1-6-9-11-13-15-17-56(16-14-12-10-7-2)42-43-86-53-75(8-3,54-89-71(80)51-65-30-22-59(23-31-65)46-57-18-26-63(27-19-57)49-69(78)84-4)55-90-72(81)52-66-32-24-60(25-33-66)47-58-20-28-64(29-21-58)50-70(79)87-44-45-88-74(83)77-68-40-36-62(37-41-68)48-61-34-38-67(39-35-61)76-73(82)85-5/h56-68H,6-55H2,1-5H3,(H,76,82)(H,77,83). The number of carbonyl (C=O) groups is 6. The third-order valence-electron chi connectivity index (χ3n) is 23.1. The summed E-state index contributed by atoms with van der Waals surface area (Å²) in [5.41, 5.74) is -0.599. The van der Waals surface area contributed by atoms with Gasteiger partial charge in [-0.1, -0.05) is 143 Å². The smallest absolute Gasteiger partial charge is 0.407 e. The van der Waals surface area contributed by atoms with Crippen molar-refractivity contribution in [3.63, 3.8) is 0 Å². The monoisotopic (exact) mass is 1270 g/mol. The fourth-order valence-corrected chi connectivity index (χ4v) is 16.9. The summed E-state index contributed by atoms with van der Waals surface area (Å²) >= 11 is 0. The van der Waals surface area contributed by atoms with Crippen molar-refractivity contribution in [1.82, 2.24) is 10.6 Å². The molecule has 2 N–H and O–H groups in total. The van der Waals surface area contributed by atoms with E-state index in [0.29, 0.717) is 104 Å². The number of nitrogens with one attached hydrogen (secondary N) is 2. The van der Waals surface area contributed by atoms with Crippen LogP contribution >= 0.6 is 0 Å². The van der Waals surface area contributed by atoms with Crippen LogP contribution in [0.1, 0.15) is 303 Å². The molecule has 6 saturated carbocycles. The molecular weight excluding hydrogens is 1140 g/mol. The molecule has 0 bridgehead atoms. The SMILES string of the molecule is CCCCCCCC(CCCCCC)CCOCC(CC)(COC(=O)CC1CCC(CC2CCC(CC(=O)OC)CC2)CC1)COC(=O)CC1CCC(CC2CCC(CC(=O)OCCOC(=O)NC3CCC(CC4CCC(NC(=O)OC)CC4)CC3)CC2)CC1. The lowest BCUT2D eigenvalue weighted by atomic mass is 9.72. The molecule has 90 heavy (non-hydrogen) atoms. The van der Waals surface area contributed by atoms with Gasteiger partial charge in [-0.3, -0.25) is 19.2 Å². The van der Waals surface area contributed by atoms with Crippen LogP contribution in [-0.4, -0.2) is 102 Å². The third-order valence-corrected chi connectivity index (χ3v) is 23.1. The van der Waals surface area contributed by atoms with E-state index in [4.69, 9.17) is 33.2 Å². The lowest BCUT2D eigenvalue weighted by Crippen LogP contribution is -2.39. The summed E-state index contributed by atoms with van der Waals surface area (Å²) in [5, 5.41) is 5.98. The second-order valence-corrected chi connectivity index (χ2v) is 30.2. The predicted molar refractivity (Wildman–Crippen MR) is 354 cm³/mol. The lowest BCUT2D eigenvalue weighted by molar-refractivity contribution is -0.159. The quantitative estimate of drug-likeness (QED) is 0.0335. The fourth-order valence-electron chi connectivity index (χ4n) is 16.9. The van der Waals surface area contributed by atoms with Crippen molar-refractivity contribution in [3.05, 3.63) is 0 Å². The van der Waals surface area contributed by atoms with Gasteiger partial charge in [-0.25, -0.2) is 9.59 Å². The van der Waals surface area contributed by atoms with Crippen LogP contribution < -0.4 is 10.6 Å². The van der Waals surface area contributed by atoms with Crippen molar-refractivity contribution < 1.29 is 61.9 Å². The topological polar surface area (TPSA) is 191 Å². The zero-order valence-corrected chi connectivity index (χ0v) is 57.7. The molecule has 6 rings (SSSR count). The summed E-state index contributed by atoms with van der Waals surface area (Å²) in [4.78, 5) is 76.2. The highest BCUT2D eigenvalue weighted by atomic mass is 16.6. The van der Waals surface area contributed by atoms with Gasteiger partial charge >= 0.3 is 36.1 Å². The Morgan fingerprint density at radius 2 is 0.700 bits per heavy atom. The zero-order valence-electron chi connectivity index (χ0n) is 57.7. The summed E-state index contributed by atoms with van der Waals surface area (Å²) in [6.45, 7) is 8.25. The summed E-state index contributed by atoms with van der Waals surface area (Å²) < 4.78 is 39.6. The van der Waals surface area contributed by atoms with Gasteiger partial charge in [-0.05, 0) is 200 Å². The van der Waals surface area contributed by atoms with E-state index < -0.39 is 11.5 Å². The van der Waals surface area contributed by atoms with E-state index in [0.717, 1.165) is 141 Å². The Balaban J connectivity index is 0.842. The van der Waals surface area contributed by atoms with E-state index in [-0.39, 0.29) is 68.5 Å². The van der Waals surface area contributed by atoms with E-state index in [1.807, 2.05) is 0 Å². The van der Waals surface area contributed by atoms with Crippen LogP contribution in [0.25, 0.3) is 0 Å². The van der Waals surface area contributed by atoms with E-state index in [2.05, 4.69) is 31.4 Å². The van der Waals surface area contributed by atoms with Gasteiger partial charge in [-0.15, -0.1) is 0 Å². The molecule has 0 heterocycles. The molecule has 6 aliphatic rings. The Bertz CT molecular complexity index is 1990. The number of hydrogen-bond donors (Lipinski definition) is 2. The van der Waals surface area contributed by atoms with Gasteiger partial charge in [0.25, 0.3) is 0 Å². The number of hydrogen-bond acceptors (Lipinski definition) is 13. The number of ether oxygens (including phenoxy) is 7. The molecule has 0 aromatic heterocycles. The van der Waals surface area contributed by atoms with E-state index in [1.165, 1.54) is 130 Å². The van der Waals surface area contributed by atoms with Gasteiger partial charge in [-0.2, -0.15) is 0 Å². The first kappa shape index (κ1) is 75.4. The van der Waals surface area contributed by atoms with Crippen LogP contribution in [0.4, 0.5) is 9.59 Å². The molecule has 2 amide bonds. The predicted octanol–water partition coefficient (Wildman–Crippen LogP) is 17.7. The summed E-state index contributed by atoms with van der Waals surface area (Å²) in [7, 11) is 2.89. The van der Waals surface area contributed by atoms with Crippen LogP contribution in [0.2, 0.25) is 0 Å². The molecule has 2 unspecified atom stereocenters. The van der Waals surface area contributed by atoms with Crippen molar-refractivity contribution in [3.8, 4) is 0 Å². The summed E-state index contributed by atoms with van der Waals surface area (Å²) in [5.74, 6) is 5.69. The lowest BCUT2D eigenvalue weighted by Gasteiger charge is -2.34. The largest absolute Gasteiger partial charge is 0.469 e. The van der Waals surface area contributed by atoms with Crippen LogP contribution in [-0.2, 0) is 52.3 Å². The highest BCUT2D eigenvalue weighted by Gasteiger charge is 2.36. The first-order valence-electron chi connectivity index (χ1n) is 37.6. The normalized spacial score (nSPS) is 28.3. The number of rotatable bonds is 40. The number of carbonyl (C=O) groups excluding carboxylic acids is 6. The minimum atomic E-state index is -0.599. The van der Waals surface area contributed by atoms with Gasteiger partial charge in [0.2, 0.25) is 0 Å². The molecule has 0 radical (unpaired) electrons. The average molecular weight is 1270 g/mol. The Morgan fingerprint density at radius 1 is 0.356 bits per heavy atom. The molecule has 0 aromatic rings. The molecule has 0 aromatic carbocycles. The number of unbranched alkanes of at least 4 members (excludes halogenated alkanes) is 7. The fraction of sp³-hybridized carbons (Fsp3) is 0.920. The molecule has 0 saturated heterocycles. The molecule has 6 aliphatic carbocycles. The Kier molecular flexibility index (Phi) is 36.3. The van der Waals surface area contributed by atoms with Crippen LogP contribution in [0.3, 0.4) is 0 Å². The van der Waals surface area contributed by atoms with E-state index in [9.17, 15) is 28.8 Å². The van der Waals surface area contributed by atoms with Crippen molar-refractivity contribution in [2.24, 2.45) is 70.5 Å². The van der Waals surface area contributed by atoms with E-state index >= 15 is 0 Å². The highest BCUT2D eigenvalue weighted by molar-refractivity contribution is 5.71. The summed E-state index contributed by atoms with van der Waals surface area (Å²) in [6, 6.07) is 0.332. The Morgan fingerprint density at radius 3 is 1.09 bits per heavy atom. The molecule has 0 spiro atoms. The maximum atomic E-state index is 13.7. The molecule has 6 fully saturated rings. The molecule has 15 nitrogen and oxygen atoms in total. The molecule has 2 atom stereocenters. The highest BCUT2D eigenvalue weighted by Crippen LogP contribution is 2.43. The molecule has 518 valence electrons. The van der Waals surface area contributed by atoms with Gasteiger partial charge in [0, 0.05) is 44.4 Å². The van der Waals surface area contributed by atoms with Crippen molar-refractivity contribution in [1.29, 1.82) is 0 Å². The van der Waals surface area contributed by atoms with Crippen molar-refractivity contribution in [2.45, 2.75) is 315 Å². The zero-order chi connectivity index (χ0) is 64.2. The van der Waals surface area contributed by atoms with Gasteiger partial charge in [0.1, 0.15) is 26.4 Å². The third kappa shape index (κ3) is 30.2. The second kappa shape index (κ2) is 43.4. The molecular formula is C75H130N2O13. The Labute approximate surface area is 546 Å². The van der Waals surface area contributed by atoms with Gasteiger partial charge in [0.05, 0.1) is 26.2 Å². The minimum absolute atomic E-state index is 0.0531. The van der Waals surface area contributed by atoms with Crippen LogP contribution in [0.15, 0.2) is 0 Å². The minimum Gasteiger partial charge on any atom is -0.469 e. The first-order chi connectivity index (χ1) is 43.7. The van der Waals surface area contributed by atoms with Gasteiger partial charge in [0.15, 0.2) is 0 Å². The van der Waals surface area contributed by atoms with Crippen LogP contribution in [0, 0.1) is 70.5 Å². The number of alkyl carbamates (subject to hydrolysis) is 2. The van der Waals surface area contributed by atoms with E-state index in [1.54, 1.807) is 0 Å². The maximum absolute atomic E-state index is 13.7. The van der Waals surface area contributed by atoms with Crippen LogP contribution in [0.5, 0.6) is 0 Å². The first-order valence-corrected chi connectivity index (χ1v) is 37.6. The second-order valence-electron chi connectivity index (χ2n) is 30.2. The number of esters is 4. The Hall–Kier alpha value is -3.62.